The van der Waals surface area contributed by atoms with Gasteiger partial charge in [-0.15, -0.1) is 0 Å². The number of rotatable bonds is 5. The Hall–Kier alpha value is -1.79. The van der Waals surface area contributed by atoms with E-state index in [1.165, 1.54) is 25.7 Å². The van der Waals surface area contributed by atoms with Crippen LogP contribution in [-0.4, -0.2) is 75.2 Å². The van der Waals surface area contributed by atoms with Gasteiger partial charge in [-0.2, -0.15) is 0 Å². The number of anilines is 2. The molecular formula is C20H33N5O. The van der Waals surface area contributed by atoms with Crippen LogP contribution in [0.5, 0.6) is 0 Å². The zero-order valence-corrected chi connectivity index (χ0v) is 16.4. The van der Waals surface area contributed by atoms with Gasteiger partial charge in [0.25, 0.3) is 0 Å². The first-order valence-electron chi connectivity index (χ1n) is 9.74. The van der Waals surface area contributed by atoms with Gasteiger partial charge in [-0.3, -0.25) is 4.90 Å². The van der Waals surface area contributed by atoms with Crippen molar-refractivity contribution >= 4 is 17.4 Å². The molecule has 2 amide bonds. The lowest BCUT2D eigenvalue weighted by Crippen LogP contribution is -2.59. The molecule has 1 heterocycles. The number of urea groups is 1. The molecule has 6 nitrogen and oxygen atoms in total. The Labute approximate surface area is 157 Å². The van der Waals surface area contributed by atoms with Crippen LogP contribution in [0.25, 0.3) is 0 Å². The van der Waals surface area contributed by atoms with Gasteiger partial charge in [0.05, 0.1) is 0 Å². The number of hydrogen-bond donors (Lipinski definition) is 2. The van der Waals surface area contributed by atoms with Crippen molar-refractivity contribution in [3.05, 3.63) is 24.3 Å². The van der Waals surface area contributed by atoms with E-state index in [1.807, 2.05) is 43.3 Å². The van der Waals surface area contributed by atoms with Crippen LogP contribution < -0.4 is 15.5 Å². The summed E-state index contributed by atoms with van der Waals surface area (Å²) in [6.07, 6.45) is 4.90. The van der Waals surface area contributed by atoms with Crippen LogP contribution in [0.3, 0.4) is 0 Å². The van der Waals surface area contributed by atoms with Crippen molar-refractivity contribution < 1.29 is 4.79 Å². The maximum atomic E-state index is 12.5. The van der Waals surface area contributed by atoms with Crippen molar-refractivity contribution in [2.45, 2.75) is 31.2 Å². The number of amides is 2. The predicted octanol–water partition coefficient (Wildman–Crippen LogP) is 2.43. The summed E-state index contributed by atoms with van der Waals surface area (Å²) in [7, 11) is 6.18. The number of benzene rings is 1. The van der Waals surface area contributed by atoms with Crippen LogP contribution in [-0.2, 0) is 0 Å². The first kappa shape index (κ1) is 19.0. The Morgan fingerprint density at radius 1 is 1.15 bits per heavy atom. The van der Waals surface area contributed by atoms with Crippen molar-refractivity contribution in [1.82, 2.24) is 15.1 Å². The molecule has 144 valence electrons. The van der Waals surface area contributed by atoms with E-state index < -0.39 is 0 Å². The SMILES string of the molecule is CN1CCN(C2(CNC(=O)Nc3cccc(N(C)C)c3)CCCC2)CC1. The summed E-state index contributed by atoms with van der Waals surface area (Å²) in [5, 5.41) is 6.14. The molecular weight excluding hydrogens is 326 g/mol. The highest BCUT2D eigenvalue weighted by Gasteiger charge is 2.40. The quantitative estimate of drug-likeness (QED) is 0.848. The Morgan fingerprint density at radius 3 is 2.50 bits per heavy atom. The number of likely N-dealkylation sites (N-methyl/N-ethyl adjacent to an activating group) is 1. The Balaban J connectivity index is 1.57. The highest BCUT2D eigenvalue weighted by Crippen LogP contribution is 2.35. The molecule has 0 atom stereocenters. The van der Waals surface area contributed by atoms with E-state index in [9.17, 15) is 4.79 Å². The van der Waals surface area contributed by atoms with E-state index in [0.29, 0.717) is 0 Å². The third-order valence-electron chi connectivity index (χ3n) is 5.91. The summed E-state index contributed by atoms with van der Waals surface area (Å²) in [5.41, 5.74) is 2.05. The monoisotopic (exact) mass is 359 g/mol. The van der Waals surface area contributed by atoms with E-state index in [1.54, 1.807) is 0 Å². The van der Waals surface area contributed by atoms with E-state index >= 15 is 0 Å². The summed E-state index contributed by atoms with van der Waals surface area (Å²) in [6.45, 7) is 5.17. The van der Waals surface area contributed by atoms with Gasteiger partial charge in [-0.05, 0) is 38.1 Å². The van der Waals surface area contributed by atoms with E-state index in [2.05, 4.69) is 27.5 Å². The molecule has 0 spiro atoms. The molecule has 2 aliphatic rings. The van der Waals surface area contributed by atoms with Crippen LogP contribution in [0.15, 0.2) is 24.3 Å². The largest absolute Gasteiger partial charge is 0.378 e. The fourth-order valence-corrected chi connectivity index (χ4v) is 4.20. The number of piperazine rings is 1. The van der Waals surface area contributed by atoms with Crippen molar-refractivity contribution in [1.29, 1.82) is 0 Å². The molecule has 1 saturated carbocycles. The number of carbonyl (C=O) groups excluding carboxylic acids is 1. The van der Waals surface area contributed by atoms with E-state index in [0.717, 1.165) is 44.1 Å². The fourth-order valence-electron chi connectivity index (χ4n) is 4.20. The summed E-state index contributed by atoms with van der Waals surface area (Å²) in [6, 6.07) is 7.81. The number of nitrogens with one attached hydrogen (secondary N) is 2. The highest BCUT2D eigenvalue weighted by atomic mass is 16.2. The molecule has 1 saturated heterocycles. The molecule has 1 aliphatic heterocycles. The predicted molar refractivity (Wildman–Crippen MR) is 108 cm³/mol. The average molecular weight is 360 g/mol. The second kappa shape index (κ2) is 8.27. The van der Waals surface area contributed by atoms with Gasteiger partial charge >= 0.3 is 6.03 Å². The summed E-state index contributed by atoms with van der Waals surface area (Å²) < 4.78 is 0. The smallest absolute Gasteiger partial charge is 0.319 e. The molecule has 0 unspecified atom stereocenters. The third kappa shape index (κ3) is 4.48. The lowest BCUT2D eigenvalue weighted by atomic mass is 9.94. The molecule has 26 heavy (non-hydrogen) atoms. The van der Waals surface area contributed by atoms with Crippen LogP contribution >= 0.6 is 0 Å². The van der Waals surface area contributed by atoms with Gasteiger partial charge in [-0.1, -0.05) is 18.9 Å². The number of carbonyl (C=O) groups is 1. The Bertz CT molecular complexity index is 604. The zero-order valence-electron chi connectivity index (χ0n) is 16.4. The first-order valence-corrected chi connectivity index (χ1v) is 9.74. The molecule has 0 aromatic heterocycles. The minimum atomic E-state index is -0.110. The minimum Gasteiger partial charge on any atom is -0.378 e. The number of nitrogens with zero attached hydrogens (tertiary/aromatic N) is 3. The van der Waals surface area contributed by atoms with Gasteiger partial charge in [0.2, 0.25) is 0 Å². The maximum absolute atomic E-state index is 12.5. The van der Waals surface area contributed by atoms with Crippen molar-refractivity contribution in [3.8, 4) is 0 Å². The van der Waals surface area contributed by atoms with Gasteiger partial charge in [0.15, 0.2) is 0 Å². The molecule has 1 aromatic rings. The molecule has 2 fully saturated rings. The van der Waals surface area contributed by atoms with Gasteiger partial charge in [-0.25, -0.2) is 4.79 Å². The Kier molecular flexibility index (Phi) is 6.04. The van der Waals surface area contributed by atoms with Crippen molar-refractivity contribution in [3.63, 3.8) is 0 Å². The van der Waals surface area contributed by atoms with Gasteiger partial charge < -0.3 is 20.4 Å². The average Bonchev–Trinajstić information content (AvgIpc) is 3.11. The van der Waals surface area contributed by atoms with Crippen LogP contribution in [0, 0.1) is 0 Å². The Morgan fingerprint density at radius 2 is 1.85 bits per heavy atom. The molecule has 3 rings (SSSR count). The third-order valence-corrected chi connectivity index (χ3v) is 5.91. The minimum absolute atomic E-state index is 0.110. The normalized spacial score (nSPS) is 20.7. The molecule has 1 aliphatic carbocycles. The topological polar surface area (TPSA) is 50.9 Å². The van der Waals surface area contributed by atoms with Crippen LogP contribution in [0.1, 0.15) is 25.7 Å². The standard InChI is InChI=1S/C20H33N5O/c1-23(2)18-8-6-7-17(15-18)22-19(26)21-16-20(9-4-5-10-20)25-13-11-24(3)12-14-25/h6-8,15H,4-5,9-14,16H2,1-3H3,(H2,21,22,26). The molecule has 6 heteroatoms. The molecule has 2 N–H and O–H groups in total. The lowest BCUT2D eigenvalue weighted by molar-refractivity contribution is 0.0446. The second-order valence-corrected chi connectivity index (χ2v) is 7.97. The van der Waals surface area contributed by atoms with Crippen molar-refractivity contribution in [2.24, 2.45) is 0 Å². The molecule has 0 bridgehead atoms. The summed E-state index contributed by atoms with van der Waals surface area (Å²) >= 11 is 0. The first-order chi connectivity index (χ1) is 12.5. The van der Waals surface area contributed by atoms with Gasteiger partial charge in [0, 0.05) is 63.7 Å². The second-order valence-electron chi connectivity index (χ2n) is 7.97. The van der Waals surface area contributed by atoms with Gasteiger partial charge in [0.1, 0.15) is 0 Å². The lowest BCUT2D eigenvalue weighted by Gasteiger charge is -2.45. The fraction of sp³-hybridized carbons (Fsp3) is 0.650. The van der Waals surface area contributed by atoms with E-state index in [-0.39, 0.29) is 11.6 Å². The molecule has 0 radical (unpaired) electrons. The van der Waals surface area contributed by atoms with Crippen molar-refractivity contribution in [2.75, 3.05) is 64.1 Å². The highest BCUT2D eigenvalue weighted by molar-refractivity contribution is 5.89. The summed E-state index contributed by atoms with van der Waals surface area (Å²) in [4.78, 5) is 19.5. The maximum Gasteiger partial charge on any atom is 0.319 e. The van der Waals surface area contributed by atoms with Crippen LogP contribution in [0.2, 0.25) is 0 Å². The zero-order chi connectivity index (χ0) is 18.6. The molecule has 1 aromatic carbocycles. The number of hydrogen-bond acceptors (Lipinski definition) is 4. The van der Waals surface area contributed by atoms with Crippen LogP contribution in [0.4, 0.5) is 16.2 Å². The van der Waals surface area contributed by atoms with E-state index in [4.69, 9.17) is 0 Å². The summed E-state index contributed by atoms with van der Waals surface area (Å²) in [5.74, 6) is 0.